The van der Waals surface area contributed by atoms with Crippen LogP contribution in [0, 0.1) is 24.0 Å². The fourth-order valence-electron chi connectivity index (χ4n) is 3.99. The van der Waals surface area contributed by atoms with E-state index >= 15 is 0 Å². The van der Waals surface area contributed by atoms with Crippen molar-refractivity contribution in [2.24, 2.45) is 5.41 Å². The standard InChI is InChI=1S/C18H27F2N/c1-5-8-21-17-11-14(18(17,6-2)7-3)13-10-15(19)12(4)9-16(13)20/h9-10,14,17,21H,5-8,11H2,1-4H3. The molecule has 1 aromatic carbocycles. The van der Waals surface area contributed by atoms with Crippen LogP contribution < -0.4 is 5.32 Å². The van der Waals surface area contributed by atoms with Crippen LogP contribution in [0.3, 0.4) is 0 Å². The van der Waals surface area contributed by atoms with Gasteiger partial charge >= 0.3 is 0 Å². The zero-order valence-electron chi connectivity index (χ0n) is 13.6. The first-order valence-corrected chi connectivity index (χ1v) is 8.19. The number of aryl methyl sites for hydroxylation is 1. The predicted molar refractivity (Wildman–Crippen MR) is 83.5 cm³/mol. The maximum Gasteiger partial charge on any atom is 0.127 e. The highest BCUT2D eigenvalue weighted by molar-refractivity contribution is 5.33. The minimum Gasteiger partial charge on any atom is -0.313 e. The molecule has 0 spiro atoms. The third kappa shape index (κ3) is 2.73. The first kappa shape index (κ1) is 16.4. The average molecular weight is 295 g/mol. The minimum atomic E-state index is -0.294. The Labute approximate surface area is 127 Å². The fourth-order valence-corrected chi connectivity index (χ4v) is 3.99. The second-order valence-electron chi connectivity index (χ2n) is 6.36. The zero-order chi connectivity index (χ0) is 15.6. The molecule has 2 rings (SSSR count). The maximum atomic E-state index is 14.3. The van der Waals surface area contributed by atoms with Crippen molar-refractivity contribution in [1.82, 2.24) is 5.32 Å². The van der Waals surface area contributed by atoms with Crippen molar-refractivity contribution in [3.05, 3.63) is 34.9 Å². The molecule has 2 atom stereocenters. The van der Waals surface area contributed by atoms with E-state index in [0.29, 0.717) is 17.2 Å². The second kappa shape index (κ2) is 6.43. The van der Waals surface area contributed by atoms with E-state index < -0.39 is 0 Å². The summed E-state index contributed by atoms with van der Waals surface area (Å²) in [5.41, 5.74) is 1.00. The topological polar surface area (TPSA) is 12.0 Å². The summed E-state index contributed by atoms with van der Waals surface area (Å²) < 4.78 is 28.2. The lowest BCUT2D eigenvalue weighted by Crippen LogP contribution is -2.58. The molecule has 0 amide bonds. The highest BCUT2D eigenvalue weighted by Gasteiger charge is 2.53. The minimum absolute atomic E-state index is 0.0533. The third-order valence-corrected chi connectivity index (χ3v) is 5.47. The van der Waals surface area contributed by atoms with Crippen molar-refractivity contribution in [3.63, 3.8) is 0 Å². The molecule has 0 heterocycles. The Kier molecular flexibility index (Phi) is 5.03. The van der Waals surface area contributed by atoms with Gasteiger partial charge in [-0.1, -0.05) is 20.8 Å². The second-order valence-corrected chi connectivity index (χ2v) is 6.36. The molecule has 0 radical (unpaired) electrons. The molecule has 1 fully saturated rings. The van der Waals surface area contributed by atoms with Crippen LogP contribution >= 0.6 is 0 Å². The van der Waals surface area contributed by atoms with Crippen molar-refractivity contribution < 1.29 is 8.78 Å². The molecular formula is C18H27F2N. The van der Waals surface area contributed by atoms with Crippen LogP contribution in [0.4, 0.5) is 8.78 Å². The molecule has 118 valence electrons. The lowest BCUT2D eigenvalue weighted by molar-refractivity contribution is 0.0182. The van der Waals surface area contributed by atoms with Crippen molar-refractivity contribution in [3.8, 4) is 0 Å². The van der Waals surface area contributed by atoms with Gasteiger partial charge in [-0.2, -0.15) is 0 Å². The number of nitrogens with one attached hydrogen (secondary N) is 1. The Morgan fingerprint density at radius 1 is 1.14 bits per heavy atom. The Bertz CT molecular complexity index is 494. The van der Waals surface area contributed by atoms with Crippen molar-refractivity contribution in [1.29, 1.82) is 0 Å². The number of hydrogen-bond donors (Lipinski definition) is 1. The number of halogens is 2. The number of benzene rings is 1. The summed E-state index contributed by atoms with van der Waals surface area (Å²) in [5.74, 6) is -0.423. The molecule has 21 heavy (non-hydrogen) atoms. The van der Waals surface area contributed by atoms with Gasteiger partial charge in [-0.15, -0.1) is 0 Å². The van der Waals surface area contributed by atoms with E-state index in [-0.39, 0.29) is 23.0 Å². The number of rotatable bonds is 6. The monoisotopic (exact) mass is 295 g/mol. The number of hydrogen-bond acceptors (Lipinski definition) is 1. The van der Waals surface area contributed by atoms with Crippen LogP contribution in [0.1, 0.15) is 63.5 Å². The quantitative estimate of drug-likeness (QED) is 0.784. The molecule has 0 aromatic heterocycles. The van der Waals surface area contributed by atoms with E-state index in [0.717, 1.165) is 32.2 Å². The molecule has 1 nitrogen and oxygen atoms in total. The normalized spacial score (nSPS) is 23.9. The summed E-state index contributed by atoms with van der Waals surface area (Å²) in [5, 5.41) is 3.59. The van der Waals surface area contributed by atoms with Crippen molar-refractivity contribution >= 4 is 0 Å². The van der Waals surface area contributed by atoms with Crippen molar-refractivity contribution in [2.45, 2.75) is 65.3 Å². The van der Waals surface area contributed by atoms with E-state index in [9.17, 15) is 8.78 Å². The summed E-state index contributed by atoms with van der Waals surface area (Å²) in [6.45, 7) is 9.08. The molecule has 1 aliphatic carbocycles. The first-order chi connectivity index (χ1) is 10.00. The van der Waals surface area contributed by atoms with Gasteiger partial charge in [0, 0.05) is 6.04 Å². The Hall–Kier alpha value is -0.960. The van der Waals surface area contributed by atoms with Gasteiger partial charge in [0.05, 0.1) is 0 Å². The Morgan fingerprint density at radius 2 is 1.81 bits per heavy atom. The highest BCUT2D eigenvalue weighted by atomic mass is 19.1. The smallest absolute Gasteiger partial charge is 0.127 e. The maximum absolute atomic E-state index is 14.3. The van der Waals surface area contributed by atoms with Gasteiger partial charge in [-0.05, 0) is 73.7 Å². The predicted octanol–water partition coefficient (Wildman–Crippen LogP) is 4.94. The van der Waals surface area contributed by atoms with E-state index in [1.807, 2.05) is 0 Å². The van der Waals surface area contributed by atoms with Gasteiger partial charge < -0.3 is 5.32 Å². The average Bonchev–Trinajstić information content (AvgIpc) is 2.44. The summed E-state index contributed by atoms with van der Waals surface area (Å²) in [6.07, 6.45) is 3.98. The van der Waals surface area contributed by atoms with Crippen LogP contribution in [0.5, 0.6) is 0 Å². The van der Waals surface area contributed by atoms with Gasteiger partial charge in [0.25, 0.3) is 0 Å². The Morgan fingerprint density at radius 3 is 2.38 bits per heavy atom. The fraction of sp³-hybridized carbons (Fsp3) is 0.667. The third-order valence-electron chi connectivity index (χ3n) is 5.47. The van der Waals surface area contributed by atoms with Crippen LogP contribution in [-0.4, -0.2) is 12.6 Å². The largest absolute Gasteiger partial charge is 0.313 e. The van der Waals surface area contributed by atoms with Gasteiger partial charge in [-0.3, -0.25) is 0 Å². The van der Waals surface area contributed by atoms with Crippen molar-refractivity contribution in [2.75, 3.05) is 6.54 Å². The van der Waals surface area contributed by atoms with Crippen LogP contribution in [0.25, 0.3) is 0 Å². The molecular weight excluding hydrogens is 268 g/mol. The van der Waals surface area contributed by atoms with Gasteiger partial charge in [-0.25, -0.2) is 8.78 Å². The van der Waals surface area contributed by atoms with E-state index in [1.54, 1.807) is 6.92 Å². The van der Waals surface area contributed by atoms with Crippen LogP contribution in [0.2, 0.25) is 0 Å². The molecule has 2 unspecified atom stereocenters. The molecule has 1 N–H and O–H groups in total. The molecule has 3 heteroatoms. The highest BCUT2D eigenvalue weighted by Crippen LogP contribution is 2.57. The summed E-state index contributed by atoms with van der Waals surface area (Å²) in [4.78, 5) is 0. The van der Waals surface area contributed by atoms with Gasteiger partial charge in [0.15, 0.2) is 0 Å². The lowest BCUT2D eigenvalue weighted by Gasteiger charge is -2.57. The van der Waals surface area contributed by atoms with Gasteiger partial charge in [0.1, 0.15) is 11.6 Å². The summed E-state index contributed by atoms with van der Waals surface area (Å²) in [7, 11) is 0. The van der Waals surface area contributed by atoms with E-state index in [4.69, 9.17) is 0 Å². The molecule has 1 aliphatic rings. The zero-order valence-corrected chi connectivity index (χ0v) is 13.6. The molecule has 1 saturated carbocycles. The Balaban J connectivity index is 2.30. The molecule has 0 aliphatic heterocycles. The lowest BCUT2D eigenvalue weighted by atomic mass is 9.51. The van der Waals surface area contributed by atoms with Gasteiger partial charge in [0.2, 0.25) is 0 Å². The summed E-state index contributed by atoms with van der Waals surface area (Å²) >= 11 is 0. The molecule has 1 aromatic rings. The summed E-state index contributed by atoms with van der Waals surface area (Å²) in [6, 6.07) is 3.18. The van der Waals surface area contributed by atoms with E-state index in [1.165, 1.54) is 12.1 Å². The SMILES string of the molecule is CCCNC1CC(c2cc(F)c(C)cc2F)C1(CC)CC. The van der Waals surface area contributed by atoms with Crippen LogP contribution in [0.15, 0.2) is 12.1 Å². The van der Waals surface area contributed by atoms with Crippen LogP contribution in [-0.2, 0) is 0 Å². The molecule has 0 saturated heterocycles. The van der Waals surface area contributed by atoms with E-state index in [2.05, 4.69) is 26.1 Å². The molecule has 0 bridgehead atoms. The first-order valence-electron chi connectivity index (χ1n) is 8.19.